The van der Waals surface area contributed by atoms with Crippen molar-refractivity contribution in [3.8, 4) is 0 Å². The quantitative estimate of drug-likeness (QED) is 0.582. The lowest BCUT2D eigenvalue weighted by molar-refractivity contribution is 0.0390. The van der Waals surface area contributed by atoms with Crippen molar-refractivity contribution >= 4 is 11.6 Å². The van der Waals surface area contributed by atoms with Crippen LogP contribution in [0.3, 0.4) is 0 Å². The summed E-state index contributed by atoms with van der Waals surface area (Å²) >= 11 is 5.55. The minimum atomic E-state index is 0.332. The van der Waals surface area contributed by atoms with E-state index in [1.165, 1.54) is 0 Å². The Balaban J connectivity index is 2.14. The lowest BCUT2D eigenvalue weighted by Gasteiger charge is -2.16. The predicted molar refractivity (Wildman–Crippen MR) is 42.3 cm³/mol. The molecule has 0 amide bonds. The molecule has 0 spiro atoms. The van der Waals surface area contributed by atoms with E-state index in [0.717, 1.165) is 31.9 Å². The molecule has 1 aliphatic rings. The Bertz CT molecular complexity index is 99.6. The van der Waals surface area contributed by atoms with E-state index in [1.54, 1.807) is 0 Å². The molecule has 0 N–H and O–H groups in total. The van der Waals surface area contributed by atoms with Gasteiger partial charge >= 0.3 is 0 Å². The monoisotopic (exact) mass is 163 g/mol. The van der Waals surface area contributed by atoms with Crippen LogP contribution in [0.15, 0.2) is 0 Å². The topological polar surface area (TPSA) is 12.5 Å². The van der Waals surface area contributed by atoms with E-state index in [9.17, 15) is 0 Å². The summed E-state index contributed by atoms with van der Waals surface area (Å²) in [6.45, 7) is 1.94. The molecule has 10 heavy (non-hydrogen) atoms. The second kappa shape index (κ2) is 4.16. The van der Waals surface area contributed by atoms with Gasteiger partial charge in [0.1, 0.15) is 6.23 Å². The highest BCUT2D eigenvalue weighted by molar-refractivity contribution is 6.17. The van der Waals surface area contributed by atoms with Crippen molar-refractivity contribution in [3.05, 3.63) is 0 Å². The van der Waals surface area contributed by atoms with Gasteiger partial charge in [-0.2, -0.15) is 0 Å². The van der Waals surface area contributed by atoms with Crippen LogP contribution in [-0.4, -0.2) is 37.2 Å². The first-order valence-electron chi connectivity index (χ1n) is 3.72. The fourth-order valence-corrected chi connectivity index (χ4v) is 1.31. The van der Waals surface area contributed by atoms with Gasteiger partial charge in [-0.3, -0.25) is 4.90 Å². The van der Waals surface area contributed by atoms with Crippen molar-refractivity contribution in [2.24, 2.45) is 0 Å². The molecule has 2 nitrogen and oxygen atoms in total. The van der Waals surface area contributed by atoms with Gasteiger partial charge in [-0.25, -0.2) is 0 Å². The number of likely N-dealkylation sites (N-methyl/N-ethyl adjacent to an activating group) is 1. The van der Waals surface area contributed by atoms with Crippen LogP contribution in [-0.2, 0) is 4.74 Å². The third-order valence-corrected chi connectivity index (χ3v) is 2.10. The van der Waals surface area contributed by atoms with Crippen LogP contribution >= 0.6 is 11.6 Å². The highest BCUT2D eigenvalue weighted by atomic mass is 35.5. The van der Waals surface area contributed by atoms with Gasteiger partial charge in [-0.15, -0.1) is 11.6 Å². The molecule has 1 rings (SSSR count). The number of nitrogens with zero attached hydrogens (tertiary/aromatic N) is 1. The van der Waals surface area contributed by atoms with Crippen LogP contribution in [0.5, 0.6) is 0 Å². The maximum Gasteiger partial charge on any atom is 0.110 e. The Morgan fingerprint density at radius 3 is 3.00 bits per heavy atom. The number of hydrogen-bond donors (Lipinski definition) is 0. The zero-order chi connectivity index (χ0) is 7.40. The zero-order valence-electron chi connectivity index (χ0n) is 6.35. The lowest BCUT2D eigenvalue weighted by atomic mass is 10.3. The third-order valence-electron chi connectivity index (χ3n) is 1.83. The van der Waals surface area contributed by atoms with E-state index in [2.05, 4.69) is 11.9 Å². The third kappa shape index (κ3) is 2.11. The van der Waals surface area contributed by atoms with Crippen molar-refractivity contribution in [1.29, 1.82) is 0 Å². The van der Waals surface area contributed by atoms with Gasteiger partial charge in [0.15, 0.2) is 0 Å². The van der Waals surface area contributed by atoms with Gasteiger partial charge in [0.25, 0.3) is 0 Å². The van der Waals surface area contributed by atoms with E-state index in [1.807, 2.05) is 0 Å². The number of hydrogen-bond acceptors (Lipinski definition) is 2. The first-order chi connectivity index (χ1) is 4.84. The molecular formula is C7H14ClNO. The normalized spacial score (nSPS) is 27.6. The Hall–Kier alpha value is 0.210. The lowest BCUT2D eigenvalue weighted by Crippen LogP contribution is -2.25. The summed E-state index contributed by atoms with van der Waals surface area (Å²) in [6, 6.07) is 0. The Morgan fingerprint density at radius 2 is 2.50 bits per heavy atom. The van der Waals surface area contributed by atoms with Crippen molar-refractivity contribution in [3.63, 3.8) is 0 Å². The van der Waals surface area contributed by atoms with Crippen LogP contribution in [0.1, 0.15) is 12.8 Å². The molecule has 0 aromatic carbocycles. The van der Waals surface area contributed by atoms with Gasteiger partial charge < -0.3 is 4.74 Å². The van der Waals surface area contributed by atoms with Gasteiger partial charge in [0, 0.05) is 12.4 Å². The van der Waals surface area contributed by atoms with Gasteiger partial charge in [0.2, 0.25) is 0 Å². The molecule has 1 aliphatic heterocycles. The second-order valence-electron chi connectivity index (χ2n) is 2.64. The van der Waals surface area contributed by atoms with Crippen LogP contribution in [0.2, 0.25) is 0 Å². The summed E-state index contributed by atoms with van der Waals surface area (Å²) < 4.78 is 5.43. The molecule has 0 aromatic heterocycles. The minimum absolute atomic E-state index is 0.332. The molecule has 0 aliphatic carbocycles. The second-order valence-corrected chi connectivity index (χ2v) is 3.02. The van der Waals surface area contributed by atoms with Crippen molar-refractivity contribution < 1.29 is 4.74 Å². The Kier molecular flexibility index (Phi) is 3.46. The molecule has 1 atom stereocenters. The highest BCUT2D eigenvalue weighted by Crippen LogP contribution is 2.12. The average Bonchev–Trinajstić information content (AvgIpc) is 2.31. The Morgan fingerprint density at radius 1 is 1.70 bits per heavy atom. The summed E-state index contributed by atoms with van der Waals surface area (Å²) in [4.78, 5) is 2.23. The molecule has 0 bridgehead atoms. The molecule has 3 heteroatoms. The fourth-order valence-electron chi connectivity index (χ4n) is 1.16. The summed E-state index contributed by atoms with van der Waals surface area (Å²) in [5.41, 5.74) is 0. The van der Waals surface area contributed by atoms with E-state index < -0.39 is 0 Å². The molecule has 0 saturated carbocycles. The SMILES string of the molecule is CN1CCOC1CCCCl. The molecule has 0 aromatic rings. The average molecular weight is 164 g/mol. The van der Waals surface area contributed by atoms with Crippen LogP contribution < -0.4 is 0 Å². The number of alkyl halides is 1. The number of halogens is 1. The summed E-state index contributed by atoms with van der Waals surface area (Å²) in [6.07, 6.45) is 2.45. The maximum atomic E-state index is 5.55. The maximum absolute atomic E-state index is 5.55. The largest absolute Gasteiger partial charge is 0.362 e. The summed E-state index contributed by atoms with van der Waals surface area (Å²) in [7, 11) is 2.09. The minimum Gasteiger partial charge on any atom is -0.362 e. The zero-order valence-corrected chi connectivity index (χ0v) is 7.10. The van der Waals surface area contributed by atoms with Gasteiger partial charge in [0.05, 0.1) is 6.61 Å². The van der Waals surface area contributed by atoms with Gasteiger partial charge in [-0.05, 0) is 19.9 Å². The van der Waals surface area contributed by atoms with E-state index in [0.29, 0.717) is 6.23 Å². The smallest absolute Gasteiger partial charge is 0.110 e. The molecule has 1 unspecified atom stereocenters. The van der Waals surface area contributed by atoms with Crippen molar-refractivity contribution in [1.82, 2.24) is 4.90 Å². The number of rotatable bonds is 3. The van der Waals surface area contributed by atoms with E-state index in [-0.39, 0.29) is 0 Å². The predicted octanol–water partition coefficient (Wildman–Crippen LogP) is 1.29. The molecule has 60 valence electrons. The Labute approximate surface area is 67.1 Å². The molecular weight excluding hydrogens is 150 g/mol. The first kappa shape index (κ1) is 8.31. The van der Waals surface area contributed by atoms with Crippen molar-refractivity contribution in [2.45, 2.75) is 19.1 Å². The van der Waals surface area contributed by atoms with Crippen molar-refractivity contribution in [2.75, 3.05) is 26.1 Å². The first-order valence-corrected chi connectivity index (χ1v) is 4.26. The summed E-state index contributed by atoms with van der Waals surface area (Å²) in [5, 5.41) is 0. The highest BCUT2D eigenvalue weighted by Gasteiger charge is 2.19. The van der Waals surface area contributed by atoms with E-state index >= 15 is 0 Å². The van der Waals surface area contributed by atoms with Crippen LogP contribution in [0, 0.1) is 0 Å². The molecule has 1 fully saturated rings. The summed E-state index contributed by atoms with van der Waals surface area (Å²) in [5.74, 6) is 0.744. The van der Waals surface area contributed by atoms with Crippen LogP contribution in [0.4, 0.5) is 0 Å². The van der Waals surface area contributed by atoms with E-state index in [4.69, 9.17) is 16.3 Å². The van der Waals surface area contributed by atoms with Crippen LogP contribution in [0.25, 0.3) is 0 Å². The molecule has 0 radical (unpaired) electrons. The van der Waals surface area contributed by atoms with Gasteiger partial charge in [-0.1, -0.05) is 0 Å². The molecule has 1 saturated heterocycles. The fraction of sp³-hybridized carbons (Fsp3) is 1.00. The standard InChI is InChI=1S/C7H14ClNO/c1-9-5-6-10-7(9)3-2-4-8/h7H,2-6H2,1H3. The molecule has 1 heterocycles. The number of ether oxygens (including phenoxy) is 1.